The number of anilines is 3. The van der Waals surface area contributed by atoms with Gasteiger partial charge in [-0.25, -0.2) is 0 Å². The molecule has 0 aliphatic heterocycles. The van der Waals surface area contributed by atoms with Gasteiger partial charge in [-0.2, -0.15) is 0 Å². The Kier molecular flexibility index (Phi) is 9.17. The summed E-state index contributed by atoms with van der Waals surface area (Å²) in [6.07, 6.45) is 0. The van der Waals surface area contributed by atoms with E-state index in [-0.39, 0.29) is 0 Å². The summed E-state index contributed by atoms with van der Waals surface area (Å²) in [5.41, 5.74) is 17.6. The number of nitrogens with zero attached hydrogens (tertiary/aromatic N) is 3. The molecule has 0 saturated heterocycles. The summed E-state index contributed by atoms with van der Waals surface area (Å²) in [7, 11) is 0. The molecule has 0 N–H and O–H groups in total. The summed E-state index contributed by atoms with van der Waals surface area (Å²) in [5.74, 6) is 0. The van der Waals surface area contributed by atoms with Crippen LogP contribution in [0.15, 0.2) is 261 Å². The van der Waals surface area contributed by atoms with E-state index in [1.165, 1.54) is 93.5 Å². The summed E-state index contributed by atoms with van der Waals surface area (Å²) >= 11 is 0. The molecule has 0 saturated carbocycles. The van der Waals surface area contributed by atoms with Gasteiger partial charge in [-0.1, -0.05) is 164 Å². The van der Waals surface area contributed by atoms with Crippen LogP contribution in [0.1, 0.15) is 0 Å². The summed E-state index contributed by atoms with van der Waals surface area (Å²) in [6, 6.07) is 94.8. The van der Waals surface area contributed by atoms with Crippen molar-refractivity contribution in [1.82, 2.24) is 9.13 Å². The molecule has 13 rings (SSSR count). The molecule has 0 amide bonds. The first kappa shape index (κ1) is 38.5. The van der Waals surface area contributed by atoms with Gasteiger partial charge in [-0.05, 0) is 136 Å². The fraction of sp³-hybridized carbons (Fsp3) is 0. The second-order valence-electron chi connectivity index (χ2n) is 17.3. The van der Waals surface area contributed by atoms with Gasteiger partial charge in [0.05, 0.1) is 27.8 Å². The average Bonchev–Trinajstić information content (AvgIpc) is 3.92. The predicted octanol–water partition coefficient (Wildman–Crippen LogP) is 17.5. The van der Waals surface area contributed by atoms with Crippen molar-refractivity contribution >= 4 is 71.4 Å². The van der Waals surface area contributed by atoms with E-state index in [9.17, 15) is 0 Å². The van der Waals surface area contributed by atoms with Crippen LogP contribution >= 0.6 is 0 Å². The Balaban J connectivity index is 0.871. The molecule has 2 heterocycles. The largest absolute Gasteiger partial charge is 0.310 e. The van der Waals surface area contributed by atoms with Crippen molar-refractivity contribution in [2.75, 3.05) is 4.90 Å². The van der Waals surface area contributed by atoms with Gasteiger partial charge in [0.1, 0.15) is 0 Å². The van der Waals surface area contributed by atoms with E-state index in [0.29, 0.717) is 0 Å². The van der Waals surface area contributed by atoms with E-state index >= 15 is 0 Å². The third kappa shape index (κ3) is 6.59. The van der Waals surface area contributed by atoms with Gasteiger partial charge in [0.2, 0.25) is 0 Å². The summed E-state index contributed by atoms with van der Waals surface area (Å²) < 4.78 is 4.78. The van der Waals surface area contributed by atoms with Gasteiger partial charge in [0.25, 0.3) is 0 Å². The molecule has 0 fully saturated rings. The summed E-state index contributed by atoms with van der Waals surface area (Å²) in [6.45, 7) is 0. The molecular formula is C64H43N3. The first-order valence-electron chi connectivity index (χ1n) is 23.0. The van der Waals surface area contributed by atoms with Crippen LogP contribution in [0.3, 0.4) is 0 Å². The lowest BCUT2D eigenvalue weighted by Crippen LogP contribution is -2.10. The van der Waals surface area contributed by atoms with Crippen molar-refractivity contribution in [2.45, 2.75) is 0 Å². The number of rotatable bonds is 8. The van der Waals surface area contributed by atoms with E-state index in [2.05, 4.69) is 275 Å². The smallest absolute Gasteiger partial charge is 0.0541 e. The molecule has 0 aliphatic rings. The molecule has 0 spiro atoms. The maximum absolute atomic E-state index is 2.40. The van der Waals surface area contributed by atoms with Crippen LogP contribution in [-0.2, 0) is 0 Å². The molecule has 0 aliphatic carbocycles. The number of benzene rings is 11. The first-order valence-corrected chi connectivity index (χ1v) is 23.0. The normalized spacial score (nSPS) is 11.6. The molecule has 0 unspecified atom stereocenters. The molecule has 13 aromatic rings. The lowest BCUT2D eigenvalue weighted by atomic mass is 9.97. The molecule has 11 aromatic carbocycles. The maximum Gasteiger partial charge on any atom is 0.0541 e. The highest BCUT2D eigenvalue weighted by atomic mass is 15.1. The van der Waals surface area contributed by atoms with Crippen LogP contribution in [0.5, 0.6) is 0 Å². The predicted molar refractivity (Wildman–Crippen MR) is 284 cm³/mol. The fourth-order valence-electron chi connectivity index (χ4n) is 10.3. The summed E-state index contributed by atoms with van der Waals surface area (Å²) in [4.78, 5) is 2.35. The quantitative estimate of drug-likeness (QED) is 0.148. The van der Waals surface area contributed by atoms with Gasteiger partial charge in [-0.15, -0.1) is 0 Å². The Morgan fingerprint density at radius 2 is 0.612 bits per heavy atom. The van der Waals surface area contributed by atoms with Crippen molar-refractivity contribution in [3.63, 3.8) is 0 Å². The standard InChI is InChI=1S/C64H43N3/c1-4-17-51(18-5-1)65(60-26-14-16-47-15-10-11-23-55(47)60)54-36-31-45(32-37-54)44-27-29-46(30-28-44)48-33-38-63-58(41-48)59-43-50(35-40-64(59)67(63)53-21-8-3-9-22-53)49-34-39-62-57(42-49)56-24-12-13-25-61(56)66(62)52-19-6-2-7-20-52/h1-43H. The van der Waals surface area contributed by atoms with Crippen LogP contribution < -0.4 is 4.90 Å². The zero-order valence-electron chi connectivity index (χ0n) is 36.7. The Hall–Kier alpha value is -8.92. The minimum absolute atomic E-state index is 1.12. The highest BCUT2D eigenvalue weighted by molar-refractivity contribution is 6.13. The van der Waals surface area contributed by atoms with Crippen LogP contribution in [-0.4, -0.2) is 9.13 Å². The zero-order chi connectivity index (χ0) is 44.3. The van der Waals surface area contributed by atoms with Gasteiger partial charge in [0.15, 0.2) is 0 Å². The second-order valence-corrected chi connectivity index (χ2v) is 17.3. The minimum Gasteiger partial charge on any atom is -0.310 e. The van der Waals surface area contributed by atoms with Crippen LogP contribution in [0.25, 0.3) is 99.1 Å². The monoisotopic (exact) mass is 853 g/mol. The van der Waals surface area contributed by atoms with E-state index < -0.39 is 0 Å². The van der Waals surface area contributed by atoms with Crippen molar-refractivity contribution in [3.8, 4) is 44.8 Å². The molecule has 0 bridgehead atoms. The summed E-state index contributed by atoms with van der Waals surface area (Å²) in [5, 5.41) is 7.41. The van der Waals surface area contributed by atoms with Crippen LogP contribution in [0, 0.1) is 0 Å². The number of fused-ring (bicyclic) bond motifs is 7. The van der Waals surface area contributed by atoms with Crippen molar-refractivity contribution in [1.29, 1.82) is 0 Å². The van der Waals surface area contributed by atoms with Crippen molar-refractivity contribution in [3.05, 3.63) is 261 Å². The average molecular weight is 854 g/mol. The number of para-hydroxylation sites is 4. The molecule has 314 valence electrons. The van der Waals surface area contributed by atoms with Crippen molar-refractivity contribution in [2.24, 2.45) is 0 Å². The van der Waals surface area contributed by atoms with Crippen LogP contribution in [0.4, 0.5) is 17.1 Å². The fourth-order valence-corrected chi connectivity index (χ4v) is 10.3. The number of hydrogen-bond donors (Lipinski definition) is 0. The van der Waals surface area contributed by atoms with Crippen LogP contribution in [0.2, 0.25) is 0 Å². The SMILES string of the molecule is c1ccc(N(c2ccc(-c3ccc(-c4ccc5c(c4)c4cc(-c6ccc7c(c6)c6ccccc6n7-c6ccccc6)ccc4n5-c4ccccc4)cc3)cc2)c2cccc3ccccc23)cc1. The Bertz CT molecular complexity index is 3940. The lowest BCUT2D eigenvalue weighted by molar-refractivity contribution is 1.18. The van der Waals surface area contributed by atoms with Gasteiger partial charge in [0, 0.05) is 49.7 Å². The third-order valence-electron chi connectivity index (χ3n) is 13.5. The molecule has 3 heteroatoms. The van der Waals surface area contributed by atoms with Gasteiger partial charge < -0.3 is 14.0 Å². The molecule has 3 nitrogen and oxygen atoms in total. The zero-order valence-corrected chi connectivity index (χ0v) is 36.7. The number of hydrogen-bond acceptors (Lipinski definition) is 1. The molecule has 2 aromatic heterocycles. The highest BCUT2D eigenvalue weighted by Crippen LogP contribution is 2.42. The third-order valence-corrected chi connectivity index (χ3v) is 13.5. The van der Waals surface area contributed by atoms with Crippen molar-refractivity contribution < 1.29 is 0 Å². The Morgan fingerprint density at radius 3 is 1.18 bits per heavy atom. The Morgan fingerprint density at radius 1 is 0.239 bits per heavy atom. The first-order chi connectivity index (χ1) is 33.2. The maximum atomic E-state index is 2.40. The topological polar surface area (TPSA) is 13.1 Å². The van der Waals surface area contributed by atoms with E-state index in [0.717, 1.165) is 22.7 Å². The molecular weight excluding hydrogens is 811 g/mol. The lowest BCUT2D eigenvalue weighted by Gasteiger charge is -2.27. The Labute approximate surface area is 389 Å². The van der Waals surface area contributed by atoms with Gasteiger partial charge in [-0.3, -0.25) is 0 Å². The molecule has 67 heavy (non-hydrogen) atoms. The van der Waals surface area contributed by atoms with E-state index in [1.807, 2.05) is 0 Å². The van der Waals surface area contributed by atoms with E-state index in [4.69, 9.17) is 0 Å². The van der Waals surface area contributed by atoms with E-state index in [1.54, 1.807) is 0 Å². The number of aromatic nitrogens is 2. The highest BCUT2D eigenvalue weighted by Gasteiger charge is 2.18. The molecule has 0 atom stereocenters. The second kappa shape index (κ2) is 16.0. The molecule has 0 radical (unpaired) electrons. The minimum atomic E-state index is 1.12. The van der Waals surface area contributed by atoms with Gasteiger partial charge >= 0.3 is 0 Å².